The van der Waals surface area contributed by atoms with Crippen molar-refractivity contribution in [3.63, 3.8) is 0 Å². The molecule has 36 heavy (non-hydrogen) atoms. The fourth-order valence-corrected chi connectivity index (χ4v) is 10.1. The Balaban J connectivity index is 1.27. The second-order valence-corrected chi connectivity index (χ2v) is 14.5. The van der Waals surface area contributed by atoms with E-state index < -0.39 is 5.60 Å². The zero-order valence-corrected chi connectivity index (χ0v) is 23.9. The Kier molecular flexibility index (Phi) is 7.42. The molecule has 0 radical (unpaired) electrons. The van der Waals surface area contributed by atoms with Crippen LogP contribution in [0.2, 0.25) is 0 Å². The highest BCUT2D eigenvalue weighted by Gasteiger charge is 2.61. The summed E-state index contributed by atoms with van der Waals surface area (Å²) < 4.78 is 0. The first-order chi connectivity index (χ1) is 17.1. The molecule has 4 saturated carbocycles. The summed E-state index contributed by atoms with van der Waals surface area (Å²) in [6.45, 7) is 12.6. The number of hydrogen-bond donors (Lipinski definition) is 1. The van der Waals surface area contributed by atoms with Crippen LogP contribution in [0.15, 0.2) is 30.3 Å². The fraction of sp³-hybridized carbons (Fsp3) is 0.771. The molecule has 0 aliphatic heterocycles. The number of fused-ring (bicyclic) bond motifs is 5. The van der Waals surface area contributed by atoms with Crippen molar-refractivity contribution in [1.29, 1.82) is 0 Å². The van der Waals surface area contributed by atoms with E-state index in [9.17, 15) is 5.11 Å². The molecule has 0 aromatic heterocycles. The van der Waals surface area contributed by atoms with Gasteiger partial charge in [-0.3, -0.25) is 0 Å². The maximum absolute atomic E-state index is 11.5. The molecule has 0 unspecified atom stereocenters. The summed E-state index contributed by atoms with van der Waals surface area (Å²) in [4.78, 5) is 0. The molecule has 0 spiro atoms. The van der Waals surface area contributed by atoms with Crippen molar-refractivity contribution >= 4 is 0 Å². The molecule has 1 heteroatoms. The summed E-state index contributed by atoms with van der Waals surface area (Å²) in [5, 5.41) is 11.5. The molecule has 0 amide bonds. The van der Waals surface area contributed by atoms with Gasteiger partial charge in [0.15, 0.2) is 0 Å². The zero-order valence-electron chi connectivity index (χ0n) is 23.9. The molecule has 4 fully saturated rings. The van der Waals surface area contributed by atoms with Crippen LogP contribution in [-0.4, -0.2) is 10.7 Å². The van der Waals surface area contributed by atoms with Crippen molar-refractivity contribution in [1.82, 2.24) is 0 Å². The van der Waals surface area contributed by atoms with Crippen LogP contribution in [0.3, 0.4) is 0 Å². The summed E-state index contributed by atoms with van der Waals surface area (Å²) in [5.74, 6) is 12.6. The molecule has 4 aliphatic rings. The first-order valence-electron chi connectivity index (χ1n) is 15.5. The Bertz CT molecular complexity index is 954. The van der Waals surface area contributed by atoms with Crippen LogP contribution in [-0.2, 0) is 0 Å². The van der Waals surface area contributed by atoms with Crippen molar-refractivity contribution in [3.8, 4) is 11.8 Å². The van der Waals surface area contributed by atoms with Gasteiger partial charge >= 0.3 is 0 Å². The van der Waals surface area contributed by atoms with Gasteiger partial charge in [-0.15, -0.1) is 0 Å². The van der Waals surface area contributed by atoms with Crippen LogP contribution in [0.1, 0.15) is 117 Å². The lowest BCUT2D eigenvalue weighted by atomic mass is 9.43. The van der Waals surface area contributed by atoms with Gasteiger partial charge in [0.05, 0.1) is 0 Å². The predicted octanol–water partition coefficient (Wildman–Crippen LogP) is 8.89. The van der Waals surface area contributed by atoms with Crippen LogP contribution in [0.25, 0.3) is 0 Å². The van der Waals surface area contributed by atoms with Gasteiger partial charge in [-0.1, -0.05) is 83.9 Å². The molecule has 9 atom stereocenters. The summed E-state index contributed by atoms with van der Waals surface area (Å²) in [7, 11) is 0. The minimum atomic E-state index is -0.806. The van der Waals surface area contributed by atoms with Crippen molar-refractivity contribution in [2.24, 2.45) is 52.3 Å². The first kappa shape index (κ1) is 26.4. The lowest BCUT2D eigenvalue weighted by Gasteiger charge is -2.62. The maximum Gasteiger partial charge on any atom is 0.126 e. The summed E-state index contributed by atoms with van der Waals surface area (Å²) in [5.41, 5.74) is 1.17. The quantitative estimate of drug-likeness (QED) is 0.410. The lowest BCUT2D eigenvalue weighted by Crippen LogP contribution is -2.55. The Morgan fingerprint density at radius 3 is 2.36 bits per heavy atom. The van der Waals surface area contributed by atoms with Crippen LogP contribution < -0.4 is 0 Å². The number of rotatable bonds is 5. The highest BCUT2D eigenvalue weighted by Crippen LogP contribution is 2.68. The third kappa shape index (κ3) is 4.82. The molecular formula is C35H52O. The van der Waals surface area contributed by atoms with Gasteiger partial charge in [-0.25, -0.2) is 0 Å². The summed E-state index contributed by atoms with van der Waals surface area (Å²) in [6.07, 6.45) is 15.6. The van der Waals surface area contributed by atoms with Crippen molar-refractivity contribution < 1.29 is 5.11 Å². The van der Waals surface area contributed by atoms with Crippen LogP contribution in [0.5, 0.6) is 0 Å². The highest BCUT2D eigenvalue weighted by molar-refractivity contribution is 5.36. The van der Waals surface area contributed by atoms with Gasteiger partial charge in [-0.2, -0.15) is 0 Å². The molecule has 5 rings (SSSR count). The third-order valence-electron chi connectivity index (χ3n) is 12.1. The number of aliphatic hydroxyl groups is 1. The second-order valence-electron chi connectivity index (χ2n) is 14.5. The highest BCUT2D eigenvalue weighted by atomic mass is 16.3. The van der Waals surface area contributed by atoms with E-state index in [1.165, 1.54) is 57.8 Å². The Morgan fingerprint density at radius 1 is 0.861 bits per heavy atom. The molecule has 1 N–H and O–H groups in total. The van der Waals surface area contributed by atoms with E-state index in [2.05, 4.69) is 46.5 Å². The SMILES string of the molecule is CC(C)CCC[C@@H](C)[C@@H]1CC[C@H]2[C@H]3CC[C@H]4C[C@@](O)(C#Cc5ccccc5)CC[C@]4(C)[C@@H]3CC[C@@]21C. The third-order valence-corrected chi connectivity index (χ3v) is 12.1. The topological polar surface area (TPSA) is 20.2 Å². The van der Waals surface area contributed by atoms with Gasteiger partial charge in [0, 0.05) is 5.56 Å². The van der Waals surface area contributed by atoms with E-state index in [1.807, 2.05) is 30.3 Å². The van der Waals surface area contributed by atoms with Crippen LogP contribution in [0.4, 0.5) is 0 Å². The van der Waals surface area contributed by atoms with E-state index in [0.717, 1.165) is 60.3 Å². The molecule has 1 nitrogen and oxygen atoms in total. The van der Waals surface area contributed by atoms with Crippen LogP contribution >= 0.6 is 0 Å². The van der Waals surface area contributed by atoms with Gasteiger partial charge in [0.2, 0.25) is 0 Å². The van der Waals surface area contributed by atoms with Crippen molar-refractivity contribution in [2.45, 2.75) is 117 Å². The Hall–Kier alpha value is -1.26. The summed E-state index contributed by atoms with van der Waals surface area (Å²) >= 11 is 0. The predicted molar refractivity (Wildman–Crippen MR) is 151 cm³/mol. The average Bonchev–Trinajstić information content (AvgIpc) is 3.21. The van der Waals surface area contributed by atoms with E-state index in [1.54, 1.807) is 0 Å². The molecule has 1 aromatic carbocycles. The Labute approximate surface area is 222 Å². The molecule has 0 bridgehead atoms. The molecule has 0 heterocycles. The summed E-state index contributed by atoms with van der Waals surface area (Å²) in [6, 6.07) is 10.2. The van der Waals surface area contributed by atoms with E-state index in [4.69, 9.17) is 0 Å². The fourth-order valence-electron chi connectivity index (χ4n) is 10.1. The van der Waals surface area contributed by atoms with E-state index in [0.29, 0.717) is 16.7 Å². The van der Waals surface area contributed by atoms with Gasteiger partial charge < -0.3 is 5.11 Å². The van der Waals surface area contributed by atoms with E-state index in [-0.39, 0.29) is 0 Å². The smallest absolute Gasteiger partial charge is 0.126 e. The number of hydrogen-bond acceptors (Lipinski definition) is 1. The lowest BCUT2D eigenvalue weighted by molar-refractivity contribution is -0.140. The van der Waals surface area contributed by atoms with Gasteiger partial charge in [0.25, 0.3) is 0 Å². The zero-order chi connectivity index (χ0) is 25.6. The van der Waals surface area contributed by atoms with Crippen LogP contribution in [0, 0.1) is 64.1 Å². The Morgan fingerprint density at radius 2 is 1.61 bits per heavy atom. The number of benzene rings is 1. The largest absolute Gasteiger partial charge is 0.378 e. The average molecular weight is 489 g/mol. The van der Waals surface area contributed by atoms with Crippen molar-refractivity contribution in [2.75, 3.05) is 0 Å². The standard InChI is InChI=1S/C35H52O/c1-25(2)10-9-11-26(3)30-16-17-31-29-15-14-28-24-35(36,21-18-27-12-7-6-8-13-27)23-22-33(28,4)32(29)19-20-34(30,31)5/h6-8,12-13,25-26,28-32,36H,9-11,14-17,19-20,22-24H2,1-5H3/t26-,28+,29-,30+,31+,32-,33+,34-,35-/m1/s1. The molecule has 198 valence electrons. The first-order valence-corrected chi connectivity index (χ1v) is 15.5. The molecule has 1 aromatic rings. The second kappa shape index (κ2) is 10.1. The van der Waals surface area contributed by atoms with Gasteiger partial charge in [0.1, 0.15) is 5.60 Å². The minimum absolute atomic E-state index is 0.395. The molecule has 4 aliphatic carbocycles. The van der Waals surface area contributed by atoms with Gasteiger partial charge in [-0.05, 0) is 122 Å². The molecular weight excluding hydrogens is 436 g/mol. The minimum Gasteiger partial charge on any atom is -0.378 e. The van der Waals surface area contributed by atoms with E-state index >= 15 is 0 Å². The monoisotopic (exact) mass is 488 g/mol. The maximum atomic E-state index is 11.5. The molecule has 0 saturated heterocycles. The van der Waals surface area contributed by atoms with Crippen molar-refractivity contribution in [3.05, 3.63) is 35.9 Å². The normalized spacial score (nSPS) is 42.6.